The van der Waals surface area contributed by atoms with Crippen molar-refractivity contribution in [2.75, 3.05) is 10.6 Å². The van der Waals surface area contributed by atoms with Crippen molar-refractivity contribution in [1.29, 1.82) is 0 Å². The van der Waals surface area contributed by atoms with Crippen molar-refractivity contribution < 1.29 is 9.59 Å². The van der Waals surface area contributed by atoms with E-state index in [-0.39, 0.29) is 11.7 Å². The molecule has 0 aliphatic rings. The van der Waals surface area contributed by atoms with E-state index in [1.165, 1.54) is 0 Å². The number of hydrogen-bond donors (Lipinski definition) is 2. The predicted octanol–water partition coefficient (Wildman–Crippen LogP) is 5.54. The van der Waals surface area contributed by atoms with Crippen LogP contribution < -0.4 is 10.6 Å². The fraction of sp³-hybridized carbons (Fsp3) is 0.0476. The molecule has 2 N–H and O–H groups in total. The highest BCUT2D eigenvalue weighted by Crippen LogP contribution is 2.20. The smallest absolute Gasteiger partial charge is 0.255 e. The summed E-state index contributed by atoms with van der Waals surface area (Å²) < 4.78 is 0. The average molecular weight is 365 g/mol. The third kappa shape index (κ3) is 4.49. The highest BCUT2D eigenvalue weighted by molar-refractivity contribution is 6.30. The minimum absolute atomic E-state index is 0.0392. The van der Waals surface area contributed by atoms with E-state index in [9.17, 15) is 9.59 Å². The number of carbonyl (C=O) groups is 2. The Bertz CT molecular complexity index is 918. The van der Waals surface area contributed by atoms with Crippen LogP contribution in [0, 0.1) is 0 Å². The molecule has 0 fully saturated rings. The Labute approximate surface area is 156 Å². The molecule has 0 aliphatic carbocycles. The van der Waals surface area contributed by atoms with Gasteiger partial charge in [-0.3, -0.25) is 9.59 Å². The second-order valence-electron chi connectivity index (χ2n) is 5.80. The number of Topliss-reactive ketones (excluding diaryl/α,β-unsaturated/α-hetero) is 1. The predicted molar refractivity (Wildman–Crippen MR) is 106 cm³/mol. The Balaban J connectivity index is 1.63. The molecule has 4 nitrogen and oxygen atoms in total. The number of ketones is 1. The minimum atomic E-state index is -0.192. The van der Waals surface area contributed by atoms with Gasteiger partial charge in [-0.2, -0.15) is 0 Å². The number of amides is 1. The summed E-state index contributed by atoms with van der Waals surface area (Å²) in [5, 5.41) is 6.68. The van der Waals surface area contributed by atoms with Crippen molar-refractivity contribution in [3.8, 4) is 0 Å². The molecule has 0 unspecified atom stereocenters. The van der Waals surface area contributed by atoms with Crippen LogP contribution in [0.1, 0.15) is 27.6 Å². The fourth-order valence-corrected chi connectivity index (χ4v) is 2.52. The van der Waals surface area contributed by atoms with E-state index >= 15 is 0 Å². The zero-order valence-electron chi connectivity index (χ0n) is 14.1. The molecule has 26 heavy (non-hydrogen) atoms. The first-order chi connectivity index (χ1) is 12.5. The Morgan fingerprint density at radius 3 is 1.69 bits per heavy atom. The number of anilines is 3. The van der Waals surface area contributed by atoms with Gasteiger partial charge in [-0.25, -0.2) is 0 Å². The van der Waals surface area contributed by atoms with Crippen LogP contribution in [0.3, 0.4) is 0 Å². The summed E-state index contributed by atoms with van der Waals surface area (Å²) in [7, 11) is 0. The Hall–Kier alpha value is -3.11. The maximum atomic E-state index is 12.2. The highest BCUT2D eigenvalue weighted by atomic mass is 35.5. The van der Waals surface area contributed by atoms with E-state index in [0.717, 1.165) is 11.4 Å². The van der Waals surface area contributed by atoms with Crippen molar-refractivity contribution in [2.24, 2.45) is 0 Å². The van der Waals surface area contributed by atoms with Crippen molar-refractivity contribution in [1.82, 2.24) is 0 Å². The van der Waals surface area contributed by atoms with Crippen molar-refractivity contribution in [2.45, 2.75) is 6.92 Å². The second-order valence-corrected chi connectivity index (χ2v) is 6.23. The second kappa shape index (κ2) is 7.85. The van der Waals surface area contributed by atoms with Crippen LogP contribution >= 0.6 is 11.6 Å². The third-order valence-corrected chi connectivity index (χ3v) is 4.08. The molecule has 5 heteroatoms. The lowest BCUT2D eigenvalue weighted by molar-refractivity contribution is 0.101. The minimum Gasteiger partial charge on any atom is -0.356 e. The molecule has 1 amide bonds. The molecular weight excluding hydrogens is 348 g/mol. The standard InChI is InChI=1S/C21H17ClN2O2/c1-14(25)15-4-8-18(9-5-15)23-19-10-12-20(13-11-19)24-21(26)16-2-6-17(22)7-3-16/h2-13,23H,1H3,(H,24,26). The van der Waals surface area contributed by atoms with Gasteiger partial charge in [0.15, 0.2) is 5.78 Å². The normalized spacial score (nSPS) is 10.2. The van der Waals surface area contributed by atoms with Gasteiger partial charge in [0.05, 0.1) is 0 Å². The van der Waals surface area contributed by atoms with Crippen LogP contribution in [0.2, 0.25) is 5.02 Å². The molecular formula is C21H17ClN2O2. The molecule has 3 rings (SSSR count). The lowest BCUT2D eigenvalue weighted by Gasteiger charge is -2.09. The van der Waals surface area contributed by atoms with E-state index in [1.807, 2.05) is 36.4 Å². The molecule has 0 aromatic heterocycles. The van der Waals surface area contributed by atoms with Crippen LogP contribution in [-0.2, 0) is 0 Å². The number of halogens is 1. The van der Waals surface area contributed by atoms with Crippen molar-refractivity contribution in [3.05, 3.63) is 88.9 Å². The Morgan fingerprint density at radius 2 is 1.15 bits per heavy atom. The van der Waals surface area contributed by atoms with Gasteiger partial charge in [0.1, 0.15) is 0 Å². The molecule has 0 saturated carbocycles. The average Bonchev–Trinajstić information content (AvgIpc) is 2.64. The summed E-state index contributed by atoms with van der Waals surface area (Å²) in [4.78, 5) is 23.5. The number of hydrogen-bond acceptors (Lipinski definition) is 3. The van der Waals surface area contributed by atoms with Gasteiger partial charge in [-0.05, 0) is 79.7 Å². The highest BCUT2D eigenvalue weighted by Gasteiger charge is 2.06. The molecule has 3 aromatic carbocycles. The molecule has 3 aromatic rings. The summed E-state index contributed by atoms with van der Waals surface area (Å²) in [6.45, 7) is 1.54. The molecule has 0 bridgehead atoms. The quantitative estimate of drug-likeness (QED) is 0.584. The van der Waals surface area contributed by atoms with Gasteiger partial charge in [-0.15, -0.1) is 0 Å². The van der Waals surface area contributed by atoms with Gasteiger partial charge in [0, 0.05) is 33.2 Å². The molecule has 0 atom stereocenters. The van der Waals surface area contributed by atoms with Gasteiger partial charge >= 0.3 is 0 Å². The fourth-order valence-electron chi connectivity index (χ4n) is 2.40. The summed E-state index contributed by atoms with van der Waals surface area (Å²) in [5.74, 6) is -0.153. The molecule has 0 aliphatic heterocycles. The lowest BCUT2D eigenvalue weighted by atomic mass is 10.1. The maximum absolute atomic E-state index is 12.2. The first-order valence-electron chi connectivity index (χ1n) is 8.06. The molecule has 0 radical (unpaired) electrons. The van der Waals surface area contributed by atoms with E-state index in [1.54, 1.807) is 43.3 Å². The van der Waals surface area contributed by atoms with Gasteiger partial charge in [-0.1, -0.05) is 11.6 Å². The van der Waals surface area contributed by atoms with Crippen LogP contribution in [0.5, 0.6) is 0 Å². The van der Waals surface area contributed by atoms with Crippen LogP contribution in [0.15, 0.2) is 72.8 Å². The van der Waals surface area contributed by atoms with Crippen LogP contribution in [0.4, 0.5) is 17.1 Å². The maximum Gasteiger partial charge on any atom is 0.255 e. The number of benzene rings is 3. The molecule has 130 valence electrons. The lowest BCUT2D eigenvalue weighted by Crippen LogP contribution is -2.11. The van der Waals surface area contributed by atoms with Crippen LogP contribution in [-0.4, -0.2) is 11.7 Å². The summed E-state index contributed by atoms with van der Waals surface area (Å²) in [6, 6.07) is 21.4. The molecule has 0 heterocycles. The number of carbonyl (C=O) groups excluding carboxylic acids is 2. The largest absolute Gasteiger partial charge is 0.356 e. The number of nitrogens with one attached hydrogen (secondary N) is 2. The van der Waals surface area contributed by atoms with Crippen molar-refractivity contribution in [3.63, 3.8) is 0 Å². The molecule has 0 saturated heterocycles. The van der Waals surface area contributed by atoms with Gasteiger partial charge in [0.2, 0.25) is 0 Å². The first kappa shape index (κ1) is 17.7. The monoisotopic (exact) mass is 364 g/mol. The zero-order chi connectivity index (χ0) is 18.5. The van der Waals surface area contributed by atoms with E-state index in [4.69, 9.17) is 11.6 Å². The number of rotatable bonds is 5. The SMILES string of the molecule is CC(=O)c1ccc(Nc2ccc(NC(=O)c3ccc(Cl)cc3)cc2)cc1. The van der Waals surface area contributed by atoms with Gasteiger partial charge < -0.3 is 10.6 Å². The summed E-state index contributed by atoms with van der Waals surface area (Å²) in [6.07, 6.45) is 0. The third-order valence-electron chi connectivity index (χ3n) is 3.83. The first-order valence-corrected chi connectivity index (χ1v) is 8.44. The van der Waals surface area contributed by atoms with Crippen LogP contribution in [0.25, 0.3) is 0 Å². The van der Waals surface area contributed by atoms with Crippen molar-refractivity contribution >= 4 is 40.4 Å². The van der Waals surface area contributed by atoms with Gasteiger partial charge in [0.25, 0.3) is 5.91 Å². The van der Waals surface area contributed by atoms with E-state index in [0.29, 0.717) is 21.8 Å². The molecule has 0 spiro atoms. The topological polar surface area (TPSA) is 58.2 Å². The Morgan fingerprint density at radius 1 is 0.692 bits per heavy atom. The zero-order valence-corrected chi connectivity index (χ0v) is 14.9. The summed E-state index contributed by atoms with van der Waals surface area (Å²) in [5.41, 5.74) is 3.68. The summed E-state index contributed by atoms with van der Waals surface area (Å²) >= 11 is 5.83. The van der Waals surface area contributed by atoms with E-state index in [2.05, 4.69) is 10.6 Å². The Kier molecular flexibility index (Phi) is 5.34. The van der Waals surface area contributed by atoms with E-state index < -0.39 is 0 Å².